The number of nitrogens with one attached hydrogen (secondary N) is 2. The minimum absolute atomic E-state index is 0.0134. The van der Waals surface area contributed by atoms with Crippen molar-refractivity contribution in [2.45, 2.75) is 40.2 Å². The van der Waals surface area contributed by atoms with Gasteiger partial charge in [0.25, 0.3) is 5.91 Å². The Morgan fingerprint density at radius 3 is 1.88 bits per heavy atom. The summed E-state index contributed by atoms with van der Waals surface area (Å²) in [6.07, 6.45) is 0.573. The first-order chi connectivity index (χ1) is 12.3. The summed E-state index contributed by atoms with van der Waals surface area (Å²) >= 11 is 0. The second-order valence-corrected chi connectivity index (χ2v) is 6.87. The number of rotatable bonds is 7. The van der Waals surface area contributed by atoms with E-state index in [1.807, 2.05) is 27.7 Å². The van der Waals surface area contributed by atoms with Crippen LogP contribution in [0.15, 0.2) is 48.5 Å². The maximum Gasteiger partial charge on any atom is 0.255 e. The molecule has 2 N–H and O–H groups in total. The lowest BCUT2D eigenvalue weighted by molar-refractivity contribution is -0.116. The van der Waals surface area contributed by atoms with E-state index in [0.29, 0.717) is 29.3 Å². The van der Waals surface area contributed by atoms with Gasteiger partial charge < -0.3 is 15.4 Å². The molecule has 26 heavy (non-hydrogen) atoms. The molecule has 0 unspecified atom stereocenters. The largest absolute Gasteiger partial charge is 0.491 e. The monoisotopic (exact) mass is 354 g/mol. The average molecular weight is 354 g/mol. The van der Waals surface area contributed by atoms with E-state index in [9.17, 15) is 9.59 Å². The molecule has 0 aliphatic rings. The highest BCUT2D eigenvalue weighted by atomic mass is 16.5. The van der Waals surface area contributed by atoms with Crippen LogP contribution in [0.25, 0.3) is 0 Å². The zero-order valence-electron chi connectivity index (χ0n) is 15.7. The van der Waals surface area contributed by atoms with Crippen LogP contribution in [0, 0.1) is 5.92 Å². The van der Waals surface area contributed by atoms with E-state index in [0.717, 1.165) is 5.75 Å². The minimum Gasteiger partial charge on any atom is -0.491 e. The fraction of sp³-hybridized carbons (Fsp3) is 0.333. The van der Waals surface area contributed by atoms with Gasteiger partial charge in [-0.1, -0.05) is 13.8 Å². The predicted molar refractivity (Wildman–Crippen MR) is 105 cm³/mol. The van der Waals surface area contributed by atoms with Crippen molar-refractivity contribution in [2.24, 2.45) is 5.92 Å². The summed E-state index contributed by atoms with van der Waals surface area (Å²) in [5.74, 6) is 0.835. The lowest BCUT2D eigenvalue weighted by atomic mass is 10.1. The Morgan fingerprint density at radius 1 is 0.846 bits per heavy atom. The highest BCUT2D eigenvalue weighted by Gasteiger charge is 2.08. The number of hydrogen-bond acceptors (Lipinski definition) is 3. The molecule has 5 nitrogen and oxygen atoms in total. The Hall–Kier alpha value is -2.82. The summed E-state index contributed by atoms with van der Waals surface area (Å²) in [6, 6.07) is 14.1. The van der Waals surface area contributed by atoms with Gasteiger partial charge in [0.2, 0.25) is 5.91 Å². The van der Waals surface area contributed by atoms with Gasteiger partial charge in [0.15, 0.2) is 0 Å². The van der Waals surface area contributed by atoms with Crippen LogP contribution in [0.3, 0.4) is 0 Å². The van der Waals surface area contributed by atoms with Crippen LogP contribution in [-0.2, 0) is 4.79 Å². The highest BCUT2D eigenvalue weighted by Crippen LogP contribution is 2.17. The van der Waals surface area contributed by atoms with Gasteiger partial charge in [-0.2, -0.15) is 0 Å². The predicted octanol–water partition coefficient (Wildman–Crippen LogP) is 4.71. The number of ether oxygens (including phenoxy) is 1. The van der Waals surface area contributed by atoms with Crippen LogP contribution in [0.4, 0.5) is 11.4 Å². The zero-order chi connectivity index (χ0) is 19.1. The third kappa shape index (κ3) is 6.24. The van der Waals surface area contributed by atoms with E-state index in [4.69, 9.17) is 4.74 Å². The number of carbonyl (C=O) groups is 2. The first-order valence-corrected chi connectivity index (χ1v) is 8.81. The van der Waals surface area contributed by atoms with Crippen molar-refractivity contribution in [3.05, 3.63) is 54.1 Å². The molecule has 138 valence electrons. The Kier molecular flexibility index (Phi) is 6.78. The van der Waals surface area contributed by atoms with Crippen LogP contribution in [0.2, 0.25) is 0 Å². The van der Waals surface area contributed by atoms with Gasteiger partial charge >= 0.3 is 0 Å². The molecule has 0 aliphatic carbocycles. The topological polar surface area (TPSA) is 67.4 Å². The molecule has 0 atom stereocenters. The summed E-state index contributed by atoms with van der Waals surface area (Å²) in [6.45, 7) is 7.91. The summed E-state index contributed by atoms with van der Waals surface area (Å²) in [5, 5.41) is 5.68. The maximum atomic E-state index is 12.3. The van der Waals surface area contributed by atoms with Gasteiger partial charge in [-0.05, 0) is 68.3 Å². The van der Waals surface area contributed by atoms with E-state index in [2.05, 4.69) is 10.6 Å². The van der Waals surface area contributed by atoms with Crippen LogP contribution in [0.1, 0.15) is 44.5 Å². The van der Waals surface area contributed by atoms with Gasteiger partial charge in [-0.3, -0.25) is 9.59 Å². The fourth-order valence-corrected chi connectivity index (χ4v) is 2.38. The molecule has 0 radical (unpaired) electrons. The molecule has 0 bridgehead atoms. The molecule has 0 spiro atoms. The van der Waals surface area contributed by atoms with Gasteiger partial charge in [-0.15, -0.1) is 0 Å². The first-order valence-electron chi connectivity index (χ1n) is 8.81. The number of carbonyl (C=O) groups excluding carboxylic acids is 2. The molecule has 0 aliphatic heterocycles. The van der Waals surface area contributed by atoms with Gasteiger partial charge in [0.1, 0.15) is 5.75 Å². The lowest BCUT2D eigenvalue weighted by Gasteiger charge is -2.11. The third-order valence-electron chi connectivity index (χ3n) is 3.51. The molecule has 2 aromatic rings. The molecule has 2 rings (SSSR count). The Balaban J connectivity index is 1.93. The van der Waals surface area contributed by atoms with Crippen molar-refractivity contribution in [3.63, 3.8) is 0 Å². The summed E-state index contributed by atoms with van der Waals surface area (Å²) < 4.78 is 5.57. The Labute approximate surface area is 154 Å². The van der Waals surface area contributed by atoms with Gasteiger partial charge in [0, 0.05) is 23.4 Å². The fourth-order valence-electron chi connectivity index (χ4n) is 2.38. The number of benzene rings is 2. The van der Waals surface area contributed by atoms with Crippen molar-refractivity contribution in [2.75, 3.05) is 10.6 Å². The average Bonchev–Trinajstić information content (AvgIpc) is 2.56. The molecular formula is C21H26N2O3. The van der Waals surface area contributed by atoms with E-state index >= 15 is 0 Å². The molecule has 0 heterocycles. The van der Waals surface area contributed by atoms with Crippen LogP contribution in [-0.4, -0.2) is 17.9 Å². The highest BCUT2D eigenvalue weighted by molar-refractivity contribution is 6.04. The van der Waals surface area contributed by atoms with Crippen LogP contribution >= 0.6 is 0 Å². The standard InChI is InChI=1S/C21H26N2O3/c1-14(2)13-20(24)22-17-7-9-18(10-8-17)23-21(25)16-5-11-19(12-6-16)26-15(3)4/h5-12,14-15H,13H2,1-4H3,(H,22,24)(H,23,25). The number of amides is 2. The van der Waals surface area contributed by atoms with Crippen molar-refractivity contribution in [1.82, 2.24) is 0 Å². The van der Waals surface area contributed by atoms with E-state index < -0.39 is 0 Å². The van der Waals surface area contributed by atoms with Crippen molar-refractivity contribution < 1.29 is 14.3 Å². The second-order valence-electron chi connectivity index (χ2n) is 6.87. The van der Waals surface area contributed by atoms with Crippen molar-refractivity contribution in [1.29, 1.82) is 0 Å². The smallest absolute Gasteiger partial charge is 0.255 e. The van der Waals surface area contributed by atoms with E-state index in [-0.39, 0.29) is 17.9 Å². The molecule has 0 saturated carbocycles. The first kappa shape index (κ1) is 19.5. The molecular weight excluding hydrogens is 328 g/mol. The quantitative estimate of drug-likeness (QED) is 0.756. The van der Waals surface area contributed by atoms with Crippen molar-refractivity contribution in [3.8, 4) is 5.75 Å². The molecule has 2 aromatic carbocycles. The second kappa shape index (κ2) is 9.04. The molecule has 0 aromatic heterocycles. The van der Waals surface area contributed by atoms with Crippen LogP contribution < -0.4 is 15.4 Å². The third-order valence-corrected chi connectivity index (χ3v) is 3.51. The maximum absolute atomic E-state index is 12.3. The lowest BCUT2D eigenvalue weighted by Crippen LogP contribution is -2.14. The molecule has 2 amide bonds. The Bertz CT molecular complexity index is 735. The zero-order valence-corrected chi connectivity index (χ0v) is 15.7. The van der Waals surface area contributed by atoms with Gasteiger partial charge in [0.05, 0.1) is 6.10 Å². The van der Waals surface area contributed by atoms with Crippen molar-refractivity contribution >= 4 is 23.2 Å². The summed E-state index contributed by atoms with van der Waals surface area (Å²) in [5.41, 5.74) is 1.93. The number of hydrogen-bond donors (Lipinski definition) is 2. The van der Waals surface area contributed by atoms with E-state index in [1.54, 1.807) is 48.5 Å². The normalized spacial score (nSPS) is 10.7. The Morgan fingerprint density at radius 2 is 1.38 bits per heavy atom. The number of anilines is 2. The summed E-state index contributed by atoms with van der Waals surface area (Å²) in [7, 11) is 0. The molecule has 0 fully saturated rings. The molecule has 0 saturated heterocycles. The minimum atomic E-state index is -0.197. The van der Waals surface area contributed by atoms with Gasteiger partial charge in [-0.25, -0.2) is 0 Å². The molecule has 5 heteroatoms. The van der Waals surface area contributed by atoms with Crippen LogP contribution in [0.5, 0.6) is 5.75 Å². The SMILES string of the molecule is CC(C)CC(=O)Nc1ccc(NC(=O)c2ccc(OC(C)C)cc2)cc1. The summed E-state index contributed by atoms with van der Waals surface area (Å²) in [4.78, 5) is 24.1. The van der Waals surface area contributed by atoms with E-state index in [1.165, 1.54) is 0 Å².